The van der Waals surface area contributed by atoms with Gasteiger partial charge in [0.15, 0.2) is 11.5 Å². The second-order valence-electron chi connectivity index (χ2n) is 7.57. The van der Waals surface area contributed by atoms with E-state index in [1.165, 1.54) is 0 Å². The highest BCUT2D eigenvalue weighted by atomic mass is 15.3. The molecule has 6 aromatic rings. The zero-order chi connectivity index (χ0) is 21.5. The highest BCUT2D eigenvalue weighted by Crippen LogP contribution is 2.35. The number of aromatic amines is 1. The second kappa shape index (κ2) is 7.40. The van der Waals surface area contributed by atoms with Crippen LogP contribution in [-0.2, 0) is 6.54 Å². The Morgan fingerprint density at radius 1 is 0.906 bits per heavy atom. The van der Waals surface area contributed by atoms with Crippen molar-refractivity contribution in [3.05, 3.63) is 91.0 Å². The molecule has 3 N–H and O–H groups in total. The average Bonchev–Trinajstić information content (AvgIpc) is 3.54. The SMILES string of the molecule is NCc1ccc(-c2nc3ccn4c(-c5c[nH]cn5)nnc4c3cc2-c2ccccc2)cc1. The Hall–Kier alpha value is -4.36. The van der Waals surface area contributed by atoms with Crippen LogP contribution in [0.15, 0.2) is 85.5 Å². The maximum absolute atomic E-state index is 5.79. The van der Waals surface area contributed by atoms with Gasteiger partial charge in [0.25, 0.3) is 0 Å². The molecule has 2 aromatic carbocycles. The summed E-state index contributed by atoms with van der Waals surface area (Å²) in [7, 11) is 0. The number of benzene rings is 2. The summed E-state index contributed by atoms with van der Waals surface area (Å²) in [4.78, 5) is 12.4. The standard InChI is InChI=1S/C25H19N7/c26-13-16-6-8-18(9-7-16)23-19(17-4-2-1-3-5-17)12-20-21(29-23)10-11-32-24(20)30-31-25(32)22-14-27-15-28-22/h1-12,14-15H,13,26H2,(H,27,28). The summed E-state index contributed by atoms with van der Waals surface area (Å²) >= 11 is 0. The van der Waals surface area contributed by atoms with Gasteiger partial charge in [-0.25, -0.2) is 9.97 Å². The number of nitrogens with two attached hydrogens (primary N) is 1. The zero-order valence-electron chi connectivity index (χ0n) is 17.1. The number of aromatic nitrogens is 6. The van der Waals surface area contributed by atoms with Gasteiger partial charge in [0, 0.05) is 35.5 Å². The minimum absolute atomic E-state index is 0.514. The van der Waals surface area contributed by atoms with Gasteiger partial charge in [-0.3, -0.25) is 4.40 Å². The van der Waals surface area contributed by atoms with E-state index in [0.717, 1.165) is 50.2 Å². The van der Waals surface area contributed by atoms with Crippen molar-refractivity contribution in [2.24, 2.45) is 5.73 Å². The third kappa shape index (κ3) is 2.95. The molecule has 0 atom stereocenters. The van der Waals surface area contributed by atoms with Gasteiger partial charge in [0.1, 0.15) is 5.69 Å². The van der Waals surface area contributed by atoms with Gasteiger partial charge >= 0.3 is 0 Å². The van der Waals surface area contributed by atoms with Crippen molar-refractivity contribution in [3.63, 3.8) is 0 Å². The van der Waals surface area contributed by atoms with Crippen molar-refractivity contribution >= 4 is 16.6 Å². The van der Waals surface area contributed by atoms with Gasteiger partial charge in [-0.05, 0) is 23.3 Å². The Bertz CT molecular complexity index is 1530. The third-order valence-corrected chi connectivity index (χ3v) is 5.65. The van der Waals surface area contributed by atoms with Crippen molar-refractivity contribution in [3.8, 4) is 33.9 Å². The highest BCUT2D eigenvalue weighted by Gasteiger charge is 2.16. The zero-order valence-corrected chi connectivity index (χ0v) is 17.1. The average molecular weight is 417 g/mol. The normalized spacial score (nSPS) is 11.4. The number of nitrogens with one attached hydrogen (secondary N) is 1. The predicted molar refractivity (Wildman–Crippen MR) is 125 cm³/mol. The molecule has 0 saturated carbocycles. The summed E-state index contributed by atoms with van der Waals surface area (Å²) in [5.74, 6) is 0.686. The Labute approximate surface area is 183 Å². The lowest BCUT2D eigenvalue weighted by molar-refractivity contribution is 1.07. The molecule has 0 unspecified atom stereocenters. The molecule has 4 heterocycles. The fourth-order valence-corrected chi connectivity index (χ4v) is 4.01. The monoisotopic (exact) mass is 417 g/mol. The quantitative estimate of drug-likeness (QED) is 0.441. The fraction of sp³-hybridized carbons (Fsp3) is 0.0400. The minimum Gasteiger partial charge on any atom is -0.350 e. The van der Waals surface area contributed by atoms with Crippen molar-refractivity contribution < 1.29 is 0 Å². The number of hydrogen-bond donors (Lipinski definition) is 2. The lowest BCUT2D eigenvalue weighted by Crippen LogP contribution is -1.97. The number of pyridine rings is 2. The Morgan fingerprint density at radius 2 is 1.75 bits per heavy atom. The number of H-pyrrole nitrogens is 1. The minimum atomic E-state index is 0.514. The second-order valence-corrected chi connectivity index (χ2v) is 7.57. The van der Waals surface area contributed by atoms with Crippen LogP contribution in [0, 0.1) is 0 Å². The van der Waals surface area contributed by atoms with Crippen molar-refractivity contribution in [1.29, 1.82) is 0 Å². The smallest absolute Gasteiger partial charge is 0.188 e. The topological polar surface area (TPSA) is 97.8 Å². The van der Waals surface area contributed by atoms with E-state index in [0.29, 0.717) is 12.4 Å². The number of nitrogens with zero attached hydrogens (tertiary/aromatic N) is 5. The summed E-state index contributed by atoms with van der Waals surface area (Å²) in [5.41, 5.74) is 13.3. The van der Waals surface area contributed by atoms with Crippen LogP contribution in [0.25, 0.3) is 50.5 Å². The van der Waals surface area contributed by atoms with Crippen LogP contribution >= 0.6 is 0 Å². The van der Waals surface area contributed by atoms with Crippen LogP contribution in [0.2, 0.25) is 0 Å². The first kappa shape index (κ1) is 18.4. The molecular formula is C25H19N7. The summed E-state index contributed by atoms with van der Waals surface area (Å²) in [6.45, 7) is 0.514. The summed E-state index contributed by atoms with van der Waals surface area (Å²) in [5, 5.41) is 9.78. The number of rotatable bonds is 4. The van der Waals surface area contributed by atoms with Crippen LogP contribution in [0.1, 0.15) is 5.56 Å². The number of hydrogen-bond acceptors (Lipinski definition) is 5. The molecule has 7 heteroatoms. The van der Waals surface area contributed by atoms with Gasteiger partial charge in [0.2, 0.25) is 0 Å². The van der Waals surface area contributed by atoms with Gasteiger partial charge in [-0.2, -0.15) is 0 Å². The third-order valence-electron chi connectivity index (χ3n) is 5.65. The molecule has 0 radical (unpaired) electrons. The summed E-state index contributed by atoms with van der Waals surface area (Å²) in [6.07, 6.45) is 5.38. The first-order valence-electron chi connectivity index (χ1n) is 10.3. The molecule has 6 rings (SSSR count). The van der Waals surface area contributed by atoms with E-state index in [1.54, 1.807) is 6.33 Å². The lowest BCUT2D eigenvalue weighted by Gasteiger charge is -2.12. The molecule has 0 spiro atoms. The van der Waals surface area contributed by atoms with Crippen LogP contribution in [-0.4, -0.2) is 29.5 Å². The Balaban J connectivity index is 1.63. The van der Waals surface area contributed by atoms with E-state index in [2.05, 4.69) is 50.5 Å². The van der Waals surface area contributed by atoms with Gasteiger partial charge in [-0.1, -0.05) is 54.6 Å². The van der Waals surface area contributed by atoms with Crippen LogP contribution in [0.5, 0.6) is 0 Å². The number of fused-ring (bicyclic) bond motifs is 3. The van der Waals surface area contributed by atoms with E-state index in [1.807, 2.05) is 53.2 Å². The predicted octanol–water partition coefficient (Wildman–Crippen LogP) is 4.46. The lowest BCUT2D eigenvalue weighted by atomic mass is 9.97. The van der Waals surface area contributed by atoms with Crippen molar-refractivity contribution in [1.82, 2.24) is 29.5 Å². The molecule has 0 aliphatic carbocycles. The van der Waals surface area contributed by atoms with Crippen LogP contribution < -0.4 is 5.73 Å². The Kier molecular flexibility index (Phi) is 4.26. The maximum Gasteiger partial charge on any atom is 0.188 e. The molecule has 0 aliphatic heterocycles. The van der Waals surface area contributed by atoms with Gasteiger partial charge in [-0.15, -0.1) is 10.2 Å². The van der Waals surface area contributed by atoms with E-state index < -0.39 is 0 Å². The molecule has 32 heavy (non-hydrogen) atoms. The molecule has 0 bridgehead atoms. The van der Waals surface area contributed by atoms with Crippen molar-refractivity contribution in [2.45, 2.75) is 6.54 Å². The highest BCUT2D eigenvalue weighted by molar-refractivity contribution is 5.98. The fourth-order valence-electron chi connectivity index (χ4n) is 4.01. The molecule has 4 aromatic heterocycles. The van der Waals surface area contributed by atoms with E-state index in [-0.39, 0.29) is 0 Å². The molecule has 154 valence electrons. The summed E-state index contributed by atoms with van der Waals surface area (Å²) in [6, 6.07) is 22.7. The van der Waals surface area contributed by atoms with E-state index in [9.17, 15) is 0 Å². The Morgan fingerprint density at radius 3 is 2.50 bits per heavy atom. The first-order valence-corrected chi connectivity index (χ1v) is 10.3. The first-order chi connectivity index (χ1) is 15.8. The molecule has 0 amide bonds. The largest absolute Gasteiger partial charge is 0.350 e. The maximum atomic E-state index is 5.79. The van der Waals surface area contributed by atoms with Gasteiger partial charge in [0.05, 0.1) is 17.5 Å². The summed E-state index contributed by atoms with van der Waals surface area (Å²) < 4.78 is 1.95. The molecule has 0 saturated heterocycles. The molecule has 7 nitrogen and oxygen atoms in total. The molecular weight excluding hydrogens is 398 g/mol. The van der Waals surface area contributed by atoms with E-state index >= 15 is 0 Å². The van der Waals surface area contributed by atoms with E-state index in [4.69, 9.17) is 10.7 Å². The van der Waals surface area contributed by atoms with Gasteiger partial charge < -0.3 is 10.7 Å². The molecule has 0 fully saturated rings. The van der Waals surface area contributed by atoms with Crippen LogP contribution in [0.3, 0.4) is 0 Å². The van der Waals surface area contributed by atoms with Crippen LogP contribution in [0.4, 0.5) is 0 Å². The number of imidazole rings is 1. The molecule has 0 aliphatic rings. The van der Waals surface area contributed by atoms with Crippen molar-refractivity contribution in [2.75, 3.05) is 0 Å².